The second-order valence-electron chi connectivity index (χ2n) is 7.80. The maximum Gasteiger partial charge on any atom is 0.244 e. The van der Waals surface area contributed by atoms with Crippen LogP contribution >= 0.6 is 0 Å². The number of nitrogens with one attached hydrogen (secondary N) is 1. The summed E-state index contributed by atoms with van der Waals surface area (Å²) in [5.41, 5.74) is 3.79. The molecule has 3 aromatic carbocycles. The standard InChI is InChI=1S/C24H23FN2O3S/c1-16-7-10-21(11-8-16)31(29,30)27-15-19-6-4-3-5-18(19)14-23(27)24(28)26-22-12-9-20(25)13-17(22)2/h3-13,23H,14-15H2,1-2H3,(H,26,28)/t23-/m0/s1. The molecule has 0 saturated carbocycles. The zero-order chi connectivity index (χ0) is 22.2. The van der Waals surface area contributed by atoms with Gasteiger partial charge in [0.05, 0.1) is 4.90 Å². The first-order chi connectivity index (χ1) is 14.8. The van der Waals surface area contributed by atoms with Crippen LogP contribution in [0.4, 0.5) is 10.1 Å². The number of benzene rings is 3. The highest BCUT2D eigenvalue weighted by atomic mass is 32.2. The lowest BCUT2D eigenvalue weighted by Gasteiger charge is -2.35. The third-order valence-electron chi connectivity index (χ3n) is 5.58. The van der Waals surface area contributed by atoms with E-state index in [-0.39, 0.29) is 17.9 Å². The number of sulfonamides is 1. The molecule has 3 aromatic rings. The van der Waals surface area contributed by atoms with Crippen LogP contribution in [0.1, 0.15) is 22.3 Å². The Morgan fingerprint density at radius 2 is 1.68 bits per heavy atom. The lowest BCUT2D eigenvalue weighted by Crippen LogP contribution is -2.50. The fraction of sp³-hybridized carbons (Fsp3) is 0.208. The largest absolute Gasteiger partial charge is 0.324 e. The van der Waals surface area contributed by atoms with Crippen molar-refractivity contribution in [2.45, 2.75) is 37.8 Å². The topological polar surface area (TPSA) is 66.5 Å². The smallest absolute Gasteiger partial charge is 0.244 e. The van der Waals surface area contributed by atoms with E-state index < -0.39 is 27.8 Å². The SMILES string of the molecule is Cc1ccc(S(=O)(=O)N2Cc3ccccc3C[C@H]2C(=O)Nc2ccc(F)cc2C)cc1. The second kappa shape index (κ2) is 8.24. The van der Waals surface area contributed by atoms with Crippen LogP contribution in [0.15, 0.2) is 71.6 Å². The summed E-state index contributed by atoms with van der Waals surface area (Å²) < 4.78 is 41.7. The first-order valence-corrected chi connectivity index (χ1v) is 11.4. The Bertz CT molecular complexity index is 1240. The number of rotatable bonds is 4. The Kier molecular flexibility index (Phi) is 5.64. The quantitative estimate of drug-likeness (QED) is 0.664. The van der Waals surface area contributed by atoms with Gasteiger partial charge in [0, 0.05) is 12.2 Å². The van der Waals surface area contributed by atoms with Gasteiger partial charge < -0.3 is 5.32 Å². The minimum Gasteiger partial charge on any atom is -0.324 e. The van der Waals surface area contributed by atoms with Gasteiger partial charge in [-0.1, -0.05) is 42.0 Å². The highest BCUT2D eigenvalue weighted by Crippen LogP contribution is 2.30. The van der Waals surface area contributed by atoms with Gasteiger partial charge >= 0.3 is 0 Å². The van der Waals surface area contributed by atoms with Gasteiger partial charge in [-0.2, -0.15) is 4.31 Å². The molecule has 0 aliphatic carbocycles. The Balaban J connectivity index is 1.72. The minimum atomic E-state index is -3.91. The van der Waals surface area contributed by atoms with Gasteiger partial charge in [0.1, 0.15) is 11.9 Å². The number of aryl methyl sites for hydroxylation is 2. The molecule has 1 N–H and O–H groups in total. The fourth-order valence-electron chi connectivity index (χ4n) is 3.80. The average molecular weight is 439 g/mol. The van der Waals surface area contributed by atoms with Crippen LogP contribution < -0.4 is 5.32 Å². The zero-order valence-corrected chi connectivity index (χ0v) is 18.1. The summed E-state index contributed by atoms with van der Waals surface area (Å²) in [5, 5.41) is 2.79. The number of anilines is 1. The molecule has 1 aliphatic rings. The molecular weight excluding hydrogens is 415 g/mol. The first-order valence-electron chi connectivity index (χ1n) is 9.98. The van der Waals surface area contributed by atoms with E-state index in [4.69, 9.17) is 0 Å². The van der Waals surface area contributed by atoms with Crippen molar-refractivity contribution in [3.05, 3.63) is 94.8 Å². The van der Waals surface area contributed by atoms with Gasteiger partial charge in [0.15, 0.2) is 0 Å². The maximum atomic E-state index is 13.5. The number of nitrogens with zero attached hydrogens (tertiary/aromatic N) is 1. The highest BCUT2D eigenvalue weighted by Gasteiger charge is 2.39. The van der Waals surface area contributed by atoms with Gasteiger partial charge in [-0.3, -0.25) is 4.79 Å². The van der Waals surface area contributed by atoms with Crippen molar-refractivity contribution < 1.29 is 17.6 Å². The predicted octanol–water partition coefficient (Wildman–Crippen LogP) is 4.20. The summed E-state index contributed by atoms with van der Waals surface area (Å²) >= 11 is 0. The number of carbonyl (C=O) groups excluding carboxylic acids is 1. The van der Waals surface area contributed by atoms with Crippen LogP contribution in [0.2, 0.25) is 0 Å². The summed E-state index contributed by atoms with van der Waals surface area (Å²) in [4.78, 5) is 13.4. The van der Waals surface area contributed by atoms with Crippen molar-refractivity contribution in [3.63, 3.8) is 0 Å². The third kappa shape index (κ3) is 4.24. The van der Waals surface area contributed by atoms with E-state index in [9.17, 15) is 17.6 Å². The molecule has 4 rings (SSSR count). The van der Waals surface area contributed by atoms with Crippen molar-refractivity contribution in [2.75, 3.05) is 5.32 Å². The molecule has 0 aromatic heterocycles. The summed E-state index contributed by atoms with van der Waals surface area (Å²) in [6.45, 7) is 3.68. The molecule has 0 fully saturated rings. The molecule has 1 heterocycles. The number of fused-ring (bicyclic) bond motifs is 1. The maximum absolute atomic E-state index is 13.5. The minimum absolute atomic E-state index is 0.104. The van der Waals surface area contributed by atoms with Crippen LogP contribution in [0.25, 0.3) is 0 Å². The molecule has 0 saturated heterocycles. The van der Waals surface area contributed by atoms with E-state index in [1.165, 1.54) is 22.5 Å². The first kappa shape index (κ1) is 21.2. The summed E-state index contributed by atoms with van der Waals surface area (Å²) in [6.07, 6.45) is 0.257. The predicted molar refractivity (Wildman–Crippen MR) is 118 cm³/mol. The molecule has 31 heavy (non-hydrogen) atoms. The summed E-state index contributed by atoms with van der Waals surface area (Å²) in [7, 11) is -3.91. The number of amides is 1. The Hall–Kier alpha value is -3.03. The average Bonchev–Trinajstić information content (AvgIpc) is 2.75. The molecule has 0 spiro atoms. The number of carbonyl (C=O) groups is 1. The van der Waals surface area contributed by atoms with Crippen molar-refractivity contribution in [3.8, 4) is 0 Å². The van der Waals surface area contributed by atoms with Gasteiger partial charge in [0.25, 0.3) is 0 Å². The van der Waals surface area contributed by atoms with E-state index in [1.807, 2.05) is 31.2 Å². The van der Waals surface area contributed by atoms with Crippen LogP contribution in [-0.4, -0.2) is 24.7 Å². The van der Waals surface area contributed by atoms with E-state index in [0.29, 0.717) is 11.3 Å². The van der Waals surface area contributed by atoms with Gasteiger partial charge in [-0.25, -0.2) is 12.8 Å². The van der Waals surface area contributed by atoms with Crippen molar-refractivity contribution in [2.24, 2.45) is 0 Å². The number of hydrogen-bond acceptors (Lipinski definition) is 3. The Morgan fingerprint density at radius 1 is 1.00 bits per heavy atom. The molecule has 0 radical (unpaired) electrons. The van der Waals surface area contributed by atoms with E-state index in [0.717, 1.165) is 16.7 Å². The molecule has 160 valence electrons. The fourth-order valence-corrected chi connectivity index (χ4v) is 5.37. The van der Waals surface area contributed by atoms with Crippen LogP contribution in [0.5, 0.6) is 0 Å². The van der Waals surface area contributed by atoms with Gasteiger partial charge in [-0.05, 0) is 67.3 Å². The molecule has 1 amide bonds. The molecule has 7 heteroatoms. The molecule has 0 unspecified atom stereocenters. The van der Waals surface area contributed by atoms with E-state index in [1.54, 1.807) is 31.2 Å². The van der Waals surface area contributed by atoms with E-state index >= 15 is 0 Å². The number of hydrogen-bond donors (Lipinski definition) is 1. The van der Waals surface area contributed by atoms with Crippen LogP contribution in [-0.2, 0) is 27.8 Å². The van der Waals surface area contributed by atoms with Crippen molar-refractivity contribution in [1.29, 1.82) is 0 Å². The Labute approximate surface area is 181 Å². The van der Waals surface area contributed by atoms with Crippen LogP contribution in [0, 0.1) is 19.7 Å². The summed E-state index contributed by atoms with van der Waals surface area (Å²) in [5.74, 6) is -0.842. The zero-order valence-electron chi connectivity index (χ0n) is 17.3. The van der Waals surface area contributed by atoms with Crippen molar-refractivity contribution >= 4 is 21.6 Å². The molecular formula is C24H23FN2O3S. The molecule has 0 bridgehead atoms. The second-order valence-corrected chi connectivity index (χ2v) is 9.69. The molecule has 1 atom stereocenters. The van der Waals surface area contributed by atoms with Gasteiger partial charge in [0.2, 0.25) is 15.9 Å². The van der Waals surface area contributed by atoms with Crippen molar-refractivity contribution in [1.82, 2.24) is 4.31 Å². The van der Waals surface area contributed by atoms with Crippen LogP contribution in [0.3, 0.4) is 0 Å². The lowest BCUT2D eigenvalue weighted by molar-refractivity contribution is -0.120. The van der Waals surface area contributed by atoms with Gasteiger partial charge in [-0.15, -0.1) is 0 Å². The monoisotopic (exact) mass is 438 g/mol. The lowest BCUT2D eigenvalue weighted by atomic mass is 9.95. The number of halogens is 1. The highest BCUT2D eigenvalue weighted by molar-refractivity contribution is 7.89. The summed E-state index contributed by atoms with van der Waals surface area (Å²) in [6, 6.07) is 17.3. The van der Waals surface area contributed by atoms with E-state index in [2.05, 4.69) is 5.32 Å². The third-order valence-corrected chi connectivity index (χ3v) is 7.45. The Morgan fingerprint density at radius 3 is 2.35 bits per heavy atom. The molecule has 1 aliphatic heterocycles. The molecule has 5 nitrogen and oxygen atoms in total. The normalized spacial score (nSPS) is 16.5.